The minimum atomic E-state index is 0.567. The van der Waals surface area contributed by atoms with Crippen LogP contribution in [0.25, 0.3) is 117 Å². The number of hydrogen-bond acceptors (Lipinski definition) is 4. The highest BCUT2D eigenvalue weighted by molar-refractivity contribution is 6.16. The summed E-state index contributed by atoms with van der Waals surface area (Å²) in [6, 6.07) is 74.4. The fourth-order valence-electron chi connectivity index (χ4n) is 9.23. The van der Waals surface area contributed by atoms with Crippen LogP contribution in [0.2, 0.25) is 0 Å². The van der Waals surface area contributed by atoms with Crippen LogP contribution >= 0.6 is 0 Å². The lowest BCUT2D eigenvalue weighted by Crippen LogP contribution is -2.01. The summed E-state index contributed by atoms with van der Waals surface area (Å²) in [4.78, 5) is 16.0. The summed E-state index contributed by atoms with van der Waals surface area (Å²) >= 11 is 0. The van der Waals surface area contributed by atoms with Crippen molar-refractivity contribution < 1.29 is 4.42 Å². The number of aryl methyl sites for hydroxylation is 1. The van der Waals surface area contributed by atoms with E-state index in [0.29, 0.717) is 17.5 Å². The molecule has 5 heteroatoms. The Kier molecular flexibility index (Phi) is 8.64. The van der Waals surface area contributed by atoms with Crippen LogP contribution in [0.3, 0.4) is 0 Å². The maximum Gasteiger partial charge on any atom is 0.164 e. The zero-order valence-electron chi connectivity index (χ0n) is 34.4. The number of benzene rings is 9. The molecule has 0 fully saturated rings. The second-order valence-electron chi connectivity index (χ2n) is 16.0. The first-order valence-corrected chi connectivity index (χ1v) is 21.3. The van der Waals surface area contributed by atoms with Crippen molar-refractivity contribution in [3.63, 3.8) is 0 Å². The lowest BCUT2D eigenvalue weighted by atomic mass is 9.96. The Bertz CT molecular complexity index is 3680. The van der Waals surface area contributed by atoms with Gasteiger partial charge in [0.05, 0.1) is 11.0 Å². The molecule has 0 atom stereocenters. The maximum absolute atomic E-state index is 6.66. The van der Waals surface area contributed by atoms with Crippen molar-refractivity contribution in [2.75, 3.05) is 0 Å². The predicted octanol–water partition coefficient (Wildman–Crippen LogP) is 15.2. The van der Waals surface area contributed by atoms with Gasteiger partial charge in [-0.05, 0) is 82.8 Å². The van der Waals surface area contributed by atoms with Gasteiger partial charge >= 0.3 is 0 Å². The van der Waals surface area contributed by atoms with Crippen molar-refractivity contribution in [3.8, 4) is 73.2 Å². The van der Waals surface area contributed by atoms with Gasteiger partial charge in [-0.3, -0.25) is 0 Å². The van der Waals surface area contributed by atoms with Crippen molar-refractivity contribution in [3.05, 3.63) is 218 Å². The fraction of sp³-hybridized carbons (Fsp3) is 0.0172. The van der Waals surface area contributed by atoms with Crippen LogP contribution in [-0.4, -0.2) is 19.5 Å². The minimum Gasteiger partial charge on any atom is -0.456 e. The van der Waals surface area contributed by atoms with Gasteiger partial charge in [0.2, 0.25) is 0 Å². The zero-order valence-corrected chi connectivity index (χ0v) is 34.4. The molecular formula is C58H38N4O. The number of nitrogens with zero attached hydrogens (tertiary/aromatic N) is 4. The van der Waals surface area contributed by atoms with Crippen molar-refractivity contribution in [1.82, 2.24) is 19.5 Å². The SMILES string of the molecule is Cc1cccc(-c2ccccc2-c2nc(-c3ccc4c(c3)oc3cccc(-c5ccc(-c6ccccc6)cc5)c34)nc(-c3cccc4c3c3ccccc3n4-c3ccccc3)n2)c1. The second-order valence-corrected chi connectivity index (χ2v) is 16.0. The molecule has 0 aliphatic carbocycles. The lowest BCUT2D eigenvalue weighted by Gasteiger charge is -2.13. The van der Waals surface area contributed by atoms with Gasteiger partial charge in [0.25, 0.3) is 0 Å². The molecule has 63 heavy (non-hydrogen) atoms. The molecule has 0 saturated carbocycles. The van der Waals surface area contributed by atoms with E-state index in [-0.39, 0.29) is 0 Å². The van der Waals surface area contributed by atoms with E-state index in [1.807, 2.05) is 12.1 Å². The summed E-state index contributed by atoms with van der Waals surface area (Å²) in [5.74, 6) is 1.76. The quantitative estimate of drug-likeness (QED) is 0.161. The van der Waals surface area contributed by atoms with E-state index < -0.39 is 0 Å². The molecule has 0 saturated heterocycles. The average molecular weight is 807 g/mol. The van der Waals surface area contributed by atoms with Crippen molar-refractivity contribution in [2.45, 2.75) is 6.92 Å². The van der Waals surface area contributed by atoms with Crippen LogP contribution in [0, 0.1) is 6.92 Å². The Hall–Kier alpha value is -8.41. The molecule has 0 unspecified atom stereocenters. The number of rotatable bonds is 7. The third kappa shape index (κ3) is 6.29. The molecule has 12 aromatic rings. The Morgan fingerprint density at radius 3 is 1.76 bits per heavy atom. The molecule has 0 radical (unpaired) electrons. The first-order chi connectivity index (χ1) is 31.1. The highest BCUT2D eigenvalue weighted by atomic mass is 16.3. The van der Waals surface area contributed by atoms with E-state index in [1.54, 1.807) is 0 Å². The number of fused-ring (bicyclic) bond motifs is 6. The third-order valence-electron chi connectivity index (χ3n) is 12.1. The standard InChI is InChI=1S/C58H38N4O/c1-37-15-12-18-41(35-37)44-21-8-9-22-46(44)57-59-56(60-58(61-57)49-25-13-27-51-54(49)47-23-10-11-26-50(47)62(51)43-19-6-3-7-20-43)42-33-34-48-53(36-42)63-52-28-14-24-45(55(48)52)40-31-29-39(30-32-40)38-16-4-2-5-17-38/h2-36H,1H3. The van der Waals surface area contributed by atoms with Crippen LogP contribution < -0.4 is 0 Å². The normalized spacial score (nSPS) is 11.6. The van der Waals surface area contributed by atoms with Crippen LogP contribution in [0.15, 0.2) is 217 Å². The molecule has 3 aromatic heterocycles. The lowest BCUT2D eigenvalue weighted by molar-refractivity contribution is 0.669. The average Bonchev–Trinajstić information content (AvgIpc) is 3.90. The van der Waals surface area contributed by atoms with E-state index in [2.05, 4.69) is 212 Å². The Morgan fingerprint density at radius 1 is 0.349 bits per heavy atom. The monoisotopic (exact) mass is 806 g/mol. The van der Waals surface area contributed by atoms with Crippen molar-refractivity contribution in [2.24, 2.45) is 0 Å². The summed E-state index contributed by atoms with van der Waals surface area (Å²) in [5.41, 5.74) is 15.6. The second kappa shape index (κ2) is 14.9. The topological polar surface area (TPSA) is 56.7 Å². The van der Waals surface area contributed by atoms with E-state index in [4.69, 9.17) is 19.4 Å². The largest absolute Gasteiger partial charge is 0.456 e. The smallest absolute Gasteiger partial charge is 0.164 e. The summed E-state index contributed by atoms with van der Waals surface area (Å²) < 4.78 is 8.99. The van der Waals surface area contributed by atoms with Crippen LogP contribution in [-0.2, 0) is 0 Å². The van der Waals surface area contributed by atoms with E-state index >= 15 is 0 Å². The predicted molar refractivity (Wildman–Crippen MR) is 259 cm³/mol. The summed E-state index contributed by atoms with van der Waals surface area (Å²) in [5, 5.41) is 4.33. The van der Waals surface area contributed by atoms with E-state index in [9.17, 15) is 0 Å². The summed E-state index contributed by atoms with van der Waals surface area (Å²) in [7, 11) is 0. The van der Waals surface area contributed by atoms with Gasteiger partial charge in [-0.15, -0.1) is 0 Å². The number of furan rings is 1. The molecule has 0 aliphatic rings. The number of hydrogen-bond donors (Lipinski definition) is 0. The van der Waals surface area contributed by atoms with Crippen LogP contribution in [0.1, 0.15) is 5.56 Å². The molecule has 5 nitrogen and oxygen atoms in total. The van der Waals surface area contributed by atoms with Crippen molar-refractivity contribution >= 4 is 43.7 Å². The molecule has 0 bridgehead atoms. The van der Waals surface area contributed by atoms with Gasteiger partial charge in [0, 0.05) is 43.9 Å². The molecule has 3 heterocycles. The molecule has 0 amide bonds. The molecular weight excluding hydrogens is 769 g/mol. The number of aromatic nitrogens is 4. The molecule has 0 N–H and O–H groups in total. The molecule has 296 valence electrons. The van der Waals surface area contributed by atoms with Gasteiger partial charge in [0.1, 0.15) is 11.2 Å². The van der Waals surface area contributed by atoms with Gasteiger partial charge in [0.15, 0.2) is 17.5 Å². The highest BCUT2D eigenvalue weighted by Gasteiger charge is 2.22. The summed E-state index contributed by atoms with van der Waals surface area (Å²) in [6.45, 7) is 2.12. The molecule has 9 aromatic carbocycles. The number of para-hydroxylation sites is 2. The third-order valence-corrected chi connectivity index (χ3v) is 12.1. The maximum atomic E-state index is 6.66. The summed E-state index contributed by atoms with van der Waals surface area (Å²) in [6.07, 6.45) is 0. The zero-order chi connectivity index (χ0) is 41.9. The molecule has 0 aliphatic heterocycles. The van der Waals surface area contributed by atoms with E-state index in [0.717, 1.165) is 88.4 Å². The minimum absolute atomic E-state index is 0.567. The molecule has 12 rings (SSSR count). The van der Waals surface area contributed by atoms with Gasteiger partial charge in [-0.2, -0.15) is 0 Å². The van der Waals surface area contributed by atoms with Crippen molar-refractivity contribution in [1.29, 1.82) is 0 Å². The Labute approximate surface area is 364 Å². The van der Waals surface area contributed by atoms with Crippen LogP contribution in [0.4, 0.5) is 0 Å². The molecule has 0 spiro atoms. The van der Waals surface area contributed by atoms with E-state index in [1.165, 1.54) is 16.7 Å². The fourth-order valence-corrected chi connectivity index (χ4v) is 9.23. The van der Waals surface area contributed by atoms with Gasteiger partial charge < -0.3 is 8.98 Å². The first-order valence-electron chi connectivity index (χ1n) is 21.3. The first kappa shape index (κ1) is 36.4. The van der Waals surface area contributed by atoms with Gasteiger partial charge in [-0.25, -0.2) is 15.0 Å². The highest BCUT2D eigenvalue weighted by Crippen LogP contribution is 2.41. The Morgan fingerprint density at radius 2 is 0.937 bits per heavy atom. The van der Waals surface area contributed by atoms with Crippen LogP contribution in [0.5, 0.6) is 0 Å². The van der Waals surface area contributed by atoms with Gasteiger partial charge in [-0.1, -0.05) is 175 Å². The Balaban J connectivity index is 1.05.